The monoisotopic (exact) mass is 391 g/mol. The number of fused-ring (bicyclic) bond motifs is 1. The van der Waals surface area contributed by atoms with Crippen LogP contribution in [0.2, 0.25) is 0 Å². The Morgan fingerprint density at radius 2 is 2.07 bits per heavy atom. The third-order valence-electron chi connectivity index (χ3n) is 4.61. The molecule has 1 aliphatic heterocycles. The van der Waals surface area contributed by atoms with Gasteiger partial charge in [0, 0.05) is 25.7 Å². The van der Waals surface area contributed by atoms with Gasteiger partial charge in [-0.3, -0.25) is 4.57 Å². The second kappa shape index (κ2) is 8.93. The number of nitrogens with zero attached hydrogens (tertiary/aromatic N) is 5. The van der Waals surface area contributed by atoms with E-state index in [0.717, 1.165) is 0 Å². The van der Waals surface area contributed by atoms with Crippen LogP contribution in [0, 0.1) is 0 Å². The van der Waals surface area contributed by atoms with Crippen LogP contribution in [-0.4, -0.2) is 85.7 Å². The van der Waals surface area contributed by atoms with Gasteiger partial charge in [0.15, 0.2) is 23.2 Å². The van der Waals surface area contributed by atoms with E-state index in [-0.39, 0.29) is 6.04 Å². The Balaban J connectivity index is 1.78. The number of aliphatic hydroxyl groups is 2. The van der Waals surface area contributed by atoms with E-state index in [4.69, 9.17) is 10.5 Å². The molecule has 5 N–H and O–H groups in total. The van der Waals surface area contributed by atoms with Crippen LogP contribution in [0.5, 0.6) is 0 Å². The molecule has 0 amide bonds. The summed E-state index contributed by atoms with van der Waals surface area (Å²) in [5.41, 5.74) is 6.57. The molecule has 3 rings (SSSR count). The van der Waals surface area contributed by atoms with Gasteiger partial charge in [0.05, 0.1) is 6.33 Å². The van der Waals surface area contributed by atoms with E-state index in [1.54, 1.807) is 10.9 Å². The fourth-order valence-electron chi connectivity index (χ4n) is 3.26. The largest absolute Gasteiger partial charge is 0.387 e. The molecule has 0 aliphatic carbocycles. The Labute approximate surface area is 164 Å². The number of hydrogen-bond donors (Lipinski definition) is 4. The van der Waals surface area contributed by atoms with E-state index in [1.165, 1.54) is 6.33 Å². The van der Waals surface area contributed by atoms with Gasteiger partial charge in [-0.2, -0.15) is 0 Å². The number of aromatic nitrogens is 4. The molecular weight excluding hydrogens is 362 g/mol. The Hall–Kier alpha value is -2.11. The minimum Gasteiger partial charge on any atom is -0.387 e. The second-order valence-corrected chi connectivity index (χ2v) is 7.32. The maximum absolute atomic E-state index is 10.6. The van der Waals surface area contributed by atoms with Crippen molar-refractivity contribution in [2.75, 3.05) is 32.0 Å². The lowest BCUT2D eigenvalue weighted by Crippen LogP contribution is -2.38. The van der Waals surface area contributed by atoms with E-state index < -0.39 is 24.5 Å². The van der Waals surface area contributed by atoms with Crippen molar-refractivity contribution in [3.63, 3.8) is 0 Å². The molecule has 2 aromatic heterocycles. The summed E-state index contributed by atoms with van der Waals surface area (Å²) in [5, 5.41) is 24.3. The number of imidazole rings is 1. The lowest BCUT2D eigenvalue weighted by Gasteiger charge is -2.21. The number of rotatable bonds is 8. The fourth-order valence-corrected chi connectivity index (χ4v) is 3.26. The third kappa shape index (κ3) is 4.31. The zero-order valence-electron chi connectivity index (χ0n) is 16.4. The van der Waals surface area contributed by atoms with Gasteiger partial charge in [-0.15, -0.1) is 0 Å². The van der Waals surface area contributed by atoms with E-state index in [2.05, 4.69) is 20.3 Å². The van der Waals surface area contributed by atoms with Gasteiger partial charge in [-0.05, 0) is 20.9 Å². The highest BCUT2D eigenvalue weighted by molar-refractivity contribution is 5.82. The van der Waals surface area contributed by atoms with Crippen molar-refractivity contribution >= 4 is 17.0 Å². The predicted molar refractivity (Wildman–Crippen MR) is 106 cm³/mol. The molecule has 0 bridgehead atoms. The van der Waals surface area contributed by atoms with Crippen molar-refractivity contribution in [1.29, 1.82) is 0 Å². The molecule has 10 heteroatoms. The summed E-state index contributed by atoms with van der Waals surface area (Å²) in [7, 11) is 1.92. The second-order valence-electron chi connectivity index (χ2n) is 7.32. The molecular formula is C18H29N7O3. The average molecular weight is 391 g/mol. The summed E-state index contributed by atoms with van der Waals surface area (Å²) in [4.78, 5) is 14.9. The molecule has 0 spiro atoms. The summed E-state index contributed by atoms with van der Waals surface area (Å²) >= 11 is 0. The first-order valence-electron chi connectivity index (χ1n) is 9.41. The molecule has 1 saturated heterocycles. The lowest BCUT2D eigenvalue weighted by molar-refractivity contribution is -0.0414. The summed E-state index contributed by atoms with van der Waals surface area (Å²) in [5.74, 6) is 0.620. The molecule has 154 valence electrons. The SMILES string of the molecule is CC(C)Nc1ncnc2c1ncn2[C@@H]1O[C@H](CN(C)C/C=C\CN)[C@@H](O)[C@H]1O. The van der Waals surface area contributed by atoms with Crippen LogP contribution in [-0.2, 0) is 4.74 Å². The average Bonchev–Trinajstić information content (AvgIpc) is 3.19. The number of nitrogens with two attached hydrogens (primary N) is 1. The number of nitrogens with one attached hydrogen (secondary N) is 1. The van der Waals surface area contributed by atoms with Gasteiger partial charge < -0.3 is 30.9 Å². The first-order chi connectivity index (χ1) is 13.4. The van der Waals surface area contributed by atoms with E-state index in [9.17, 15) is 10.2 Å². The van der Waals surface area contributed by atoms with E-state index in [0.29, 0.717) is 36.6 Å². The van der Waals surface area contributed by atoms with Crippen molar-refractivity contribution < 1.29 is 14.9 Å². The van der Waals surface area contributed by atoms with Crippen molar-refractivity contribution in [3.05, 3.63) is 24.8 Å². The molecule has 0 aromatic carbocycles. The molecule has 0 saturated carbocycles. The van der Waals surface area contributed by atoms with Crippen molar-refractivity contribution in [3.8, 4) is 0 Å². The smallest absolute Gasteiger partial charge is 0.167 e. The van der Waals surface area contributed by atoms with Gasteiger partial charge in [0.1, 0.15) is 24.6 Å². The summed E-state index contributed by atoms with van der Waals surface area (Å²) in [6, 6.07) is 0.187. The summed E-state index contributed by atoms with van der Waals surface area (Å²) in [6.07, 6.45) is 3.41. The molecule has 2 aromatic rings. The quantitative estimate of drug-likeness (QED) is 0.448. The van der Waals surface area contributed by atoms with Crippen LogP contribution in [0.15, 0.2) is 24.8 Å². The minimum atomic E-state index is -1.09. The molecule has 1 fully saturated rings. The van der Waals surface area contributed by atoms with Crippen LogP contribution < -0.4 is 11.1 Å². The van der Waals surface area contributed by atoms with Crippen LogP contribution in [0.25, 0.3) is 11.2 Å². The zero-order chi connectivity index (χ0) is 20.3. The number of anilines is 1. The highest BCUT2D eigenvalue weighted by Crippen LogP contribution is 2.32. The lowest BCUT2D eigenvalue weighted by atomic mass is 10.1. The number of ether oxygens (including phenoxy) is 1. The van der Waals surface area contributed by atoms with Crippen LogP contribution in [0.3, 0.4) is 0 Å². The van der Waals surface area contributed by atoms with Gasteiger partial charge in [0.2, 0.25) is 0 Å². The number of hydrogen-bond acceptors (Lipinski definition) is 9. The predicted octanol–water partition coefficient (Wildman–Crippen LogP) is -0.287. The van der Waals surface area contributed by atoms with Crippen molar-refractivity contribution in [2.24, 2.45) is 5.73 Å². The van der Waals surface area contributed by atoms with Gasteiger partial charge in [-0.1, -0.05) is 12.2 Å². The summed E-state index contributed by atoms with van der Waals surface area (Å²) < 4.78 is 7.63. The molecule has 1 aliphatic rings. The maximum Gasteiger partial charge on any atom is 0.167 e. The Bertz CT molecular complexity index is 810. The highest BCUT2D eigenvalue weighted by Gasteiger charge is 2.44. The normalized spacial score (nSPS) is 25.6. The van der Waals surface area contributed by atoms with E-state index >= 15 is 0 Å². The topological polar surface area (TPSA) is 135 Å². The van der Waals surface area contributed by atoms with Crippen LogP contribution in [0.4, 0.5) is 5.82 Å². The first kappa shape index (κ1) is 20.6. The Morgan fingerprint density at radius 3 is 2.79 bits per heavy atom. The standard InChI is InChI=1S/C18H29N7O3/c1-11(2)23-16-13-17(21-9-20-16)25(10-22-13)18-15(27)14(26)12(28-18)8-24(3)7-5-4-6-19/h4-5,9-12,14-15,18,26-27H,6-8,19H2,1-3H3,(H,20,21,23)/b5-4-/t12-,14-,15-,18-/m1/s1. The molecule has 0 radical (unpaired) electrons. The fraction of sp³-hybridized carbons (Fsp3) is 0.611. The molecule has 10 nitrogen and oxygen atoms in total. The molecule has 28 heavy (non-hydrogen) atoms. The molecule has 4 atom stereocenters. The van der Waals surface area contributed by atoms with Crippen molar-refractivity contribution in [1.82, 2.24) is 24.4 Å². The van der Waals surface area contributed by atoms with Crippen LogP contribution >= 0.6 is 0 Å². The van der Waals surface area contributed by atoms with Gasteiger partial charge in [0.25, 0.3) is 0 Å². The Morgan fingerprint density at radius 1 is 1.29 bits per heavy atom. The molecule has 3 heterocycles. The third-order valence-corrected chi connectivity index (χ3v) is 4.61. The summed E-state index contributed by atoms with van der Waals surface area (Å²) in [6.45, 7) is 5.64. The zero-order valence-corrected chi connectivity index (χ0v) is 16.4. The first-order valence-corrected chi connectivity index (χ1v) is 9.41. The number of likely N-dealkylation sites (N-methyl/N-ethyl adjacent to an activating group) is 1. The van der Waals surface area contributed by atoms with E-state index in [1.807, 2.05) is 37.9 Å². The maximum atomic E-state index is 10.6. The Kier molecular flexibility index (Phi) is 6.57. The number of aliphatic hydroxyl groups excluding tert-OH is 2. The highest BCUT2D eigenvalue weighted by atomic mass is 16.6. The van der Waals surface area contributed by atoms with Crippen LogP contribution in [0.1, 0.15) is 20.1 Å². The minimum absolute atomic E-state index is 0.187. The molecule has 0 unspecified atom stereocenters. The van der Waals surface area contributed by atoms with Crippen molar-refractivity contribution in [2.45, 2.75) is 44.4 Å². The van der Waals surface area contributed by atoms with Gasteiger partial charge >= 0.3 is 0 Å². The van der Waals surface area contributed by atoms with Gasteiger partial charge in [-0.25, -0.2) is 15.0 Å².